The SMILES string of the molecule is C/C=C(\C=C/CC(C)(C)c1ccc2ccc3ccccc3c2c1)c1ccccc1. The van der Waals surface area contributed by atoms with Crippen LogP contribution in [0.5, 0.6) is 0 Å². The molecule has 0 heterocycles. The fraction of sp³-hybridized carbons (Fsp3) is 0.172. The van der Waals surface area contributed by atoms with Crippen molar-refractivity contribution < 1.29 is 0 Å². The van der Waals surface area contributed by atoms with Gasteiger partial charge in [-0.15, -0.1) is 0 Å². The van der Waals surface area contributed by atoms with Crippen LogP contribution in [0.3, 0.4) is 0 Å². The van der Waals surface area contributed by atoms with Crippen molar-refractivity contribution in [3.63, 3.8) is 0 Å². The summed E-state index contributed by atoms with van der Waals surface area (Å²) in [4.78, 5) is 0. The number of fused-ring (bicyclic) bond motifs is 3. The molecule has 0 unspecified atom stereocenters. The molecule has 0 N–H and O–H groups in total. The Hall–Kier alpha value is -3.12. The van der Waals surface area contributed by atoms with E-state index in [0.717, 1.165) is 6.42 Å². The van der Waals surface area contributed by atoms with E-state index < -0.39 is 0 Å². The first-order valence-electron chi connectivity index (χ1n) is 10.4. The third-order valence-electron chi connectivity index (χ3n) is 5.87. The van der Waals surface area contributed by atoms with Crippen LogP contribution in [-0.4, -0.2) is 0 Å². The maximum Gasteiger partial charge on any atom is -0.00688 e. The molecule has 144 valence electrons. The van der Waals surface area contributed by atoms with Crippen LogP contribution < -0.4 is 0 Å². The molecule has 0 atom stereocenters. The van der Waals surface area contributed by atoms with Crippen molar-refractivity contribution >= 4 is 27.1 Å². The zero-order valence-electron chi connectivity index (χ0n) is 17.5. The number of hydrogen-bond donors (Lipinski definition) is 0. The molecule has 0 aliphatic rings. The van der Waals surface area contributed by atoms with Crippen molar-refractivity contribution in [1.29, 1.82) is 0 Å². The zero-order chi connectivity index (χ0) is 20.3. The van der Waals surface area contributed by atoms with Crippen LogP contribution in [0, 0.1) is 0 Å². The second-order valence-corrected chi connectivity index (χ2v) is 8.32. The largest absolute Gasteiger partial charge is 0.0831 e. The summed E-state index contributed by atoms with van der Waals surface area (Å²) in [6.45, 7) is 6.77. The van der Waals surface area contributed by atoms with Gasteiger partial charge < -0.3 is 0 Å². The maximum absolute atomic E-state index is 2.39. The van der Waals surface area contributed by atoms with Gasteiger partial charge in [-0.2, -0.15) is 0 Å². The lowest BCUT2D eigenvalue weighted by molar-refractivity contribution is 0.535. The van der Waals surface area contributed by atoms with E-state index in [0.29, 0.717) is 0 Å². The Morgan fingerprint density at radius 3 is 2.17 bits per heavy atom. The first-order chi connectivity index (χ1) is 14.1. The number of hydrogen-bond acceptors (Lipinski definition) is 0. The molecule has 0 fully saturated rings. The lowest BCUT2D eigenvalue weighted by atomic mass is 9.80. The highest BCUT2D eigenvalue weighted by Gasteiger charge is 2.19. The molecular weight excluding hydrogens is 348 g/mol. The molecule has 0 spiro atoms. The van der Waals surface area contributed by atoms with Crippen molar-refractivity contribution in [1.82, 2.24) is 0 Å². The third-order valence-corrected chi connectivity index (χ3v) is 5.87. The fourth-order valence-electron chi connectivity index (χ4n) is 4.01. The smallest absolute Gasteiger partial charge is 0.00688 e. The summed E-state index contributed by atoms with van der Waals surface area (Å²) in [5.41, 5.74) is 3.98. The van der Waals surface area contributed by atoms with E-state index in [9.17, 15) is 0 Å². The van der Waals surface area contributed by atoms with Gasteiger partial charge in [-0.25, -0.2) is 0 Å². The van der Waals surface area contributed by atoms with E-state index in [-0.39, 0.29) is 5.41 Å². The second kappa shape index (κ2) is 8.09. The van der Waals surface area contributed by atoms with Gasteiger partial charge in [0.25, 0.3) is 0 Å². The van der Waals surface area contributed by atoms with E-state index in [1.54, 1.807) is 0 Å². The minimum atomic E-state index is 0.0666. The third kappa shape index (κ3) is 4.03. The van der Waals surface area contributed by atoms with Gasteiger partial charge in [0, 0.05) is 0 Å². The van der Waals surface area contributed by atoms with Gasteiger partial charge in [0.05, 0.1) is 0 Å². The predicted octanol–water partition coefficient (Wildman–Crippen LogP) is 8.32. The Morgan fingerprint density at radius 2 is 1.41 bits per heavy atom. The molecule has 0 radical (unpaired) electrons. The summed E-state index contributed by atoms with van der Waals surface area (Å²) in [5.74, 6) is 0. The maximum atomic E-state index is 2.39. The monoisotopic (exact) mass is 376 g/mol. The topological polar surface area (TPSA) is 0 Å². The van der Waals surface area contributed by atoms with Crippen LogP contribution in [0.2, 0.25) is 0 Å². The first kappa shape index (κ1) is 19.2. The van der Waals surface area contributed by atoms with Crippen molar-refractivity contribution in [2.75, 3.05) is 0 Å². The summed E-state index contributed by atoms with van der Waals surface area (Å²) in [7, 11) is 0. The Morgan fingerprint density at radius 1 is 0.759 bits per heavy atom. The van der Waals surface area contributed by atoms with Crippen LogP contribution in [0.1, 0.15) is 38.3 Å². The van der Waals surface area contributed by atoms with Crippen molar-refractivity contribution in [2.45, 2.75) is 32.6 Å². The molecule has 0 heteroatoms. The number of allylic oxidation sites excluding steroid dienone is 4. The quantitative estimate of drug-likeness (QED) is 0.243. The van der Waals surface area contributed by atoms with Gasteiger partial charge in [-0.3, -0.25) is 0 Å². The predicted molar refractivity (Wildman–Crippen MR) is 128 cm³/mol. The molecule has 0 aliphatic heterocycles. The van der Waals surface area contributed by atoms with Crippen molar-refractivity contribution in [3.8, 4) is 0 Å². The summed E-state index contributed by atoms with van der Waals surface area (Å²) < 4.78 is 0. The van der Waals surface area contributed by atoms with Crippen molar-refractivity contribution in [3.05, 3.63) is 114 Å². The Bertz CT molecular complexity index is 1190. The molecule has 0 saturated carbocycles. The van der Waals surface area contributed by atoms with Gasteiger partial charge >= 0.3 is 0 Å². The van der Waals surface area contributed by atoms with Gasteiger partial charge in [0.15, 0.2) is 0 Å². The van der Waals surface area contributed by atoms with Crippen LogP contribution in [0.25, 0.3) is 27.1 Å². The Kier molecular flexibility index (Phi) is 5.36. The fourth-order valence-corrected chi connectivity index (χ4v) is 4.01. The standard InChI is InChI=1S/C29H28/c1-4-22(23-11-6-5-7-12-23)14-10-20-29(2,3)26-19-18-25-17-16-24-13-8-9-15-27(24)28(25)21-26/h4-19,21H,20H2,1-3H3/b14-10-,22-4+. The zero-order valence-corrected chi connectivity index (χ0v) is 17.5. The highest BCUT2D eigenvalue weighted by Crippen LogP contribution is 2.33. The normalized spacial score (nSPS) is 12.9. The average molecular weight is 377 g/mol. The lowest BCUT2D eigenvalue weighted by Crippen LogP contribution is -2.15. The van der Waals surface area contributed by atoms with Crippen molar-refractivity contribution in [2.24, 2.45) is 0 Å². The molecule has 0 nitrogen and oxygen atoms in total. The average Bonchev–Trinajstić information content (AvgIpc) is 2.77. The summed E-state index contributed by atoms with van der Waals surface area (Å²) in [6, 6.07) is 30.6. The Balaban J connectivity index is 1.63. The van der Waals surface area contributed by atoms with E-state index in [1.165, 1.54) is 38.2 Å². The number of benzene rings is 4. The molecular formula is C29H28. The highest BCUT2D eigenvalue weighted by atomic mass is 14.2. The van der Waals surface area contributed by atoms with Crippen LogP contribution in [0.15, 0.2) is 103 Å². The number of rotatable bonds is 5. The van der Waals surface area contributed by atoms with Gasteiger partial charge in [-0.1, -0.05) is 111 Å². The van der Waals surface area contributed by atoms with E-state index in [1.807, 2.05) is 0 Å². The van der Waals surface area contributed by atoms with E-state index in [4.69, 9.17) is 0 Å². The minimum absolute atomic E-state index is 0.0666. The summed E-state index contributed by atoms with van der Waals surface area (Å²) in [6.07, 6.45) is 7.75. The van der Waals surface area contributed by atoms with Gasteiger partial charge in [0.1, 0.15) is 0 Å². The Labute approximate surface area is 174 Å². The van der Waals surface area contributed by atoms with E-state index in [2.05, 4.69) is 124 Å². The molecule has 4 rings (SSSR count). The molecule has 4 aromatic carbocycles. The molecule has 0 saturated heterocycles. The van der Waals surface area contributed by atoms with Crippen LogP contribution in [-0.2, 0) is 5.41 Å². The summed E-state index contributed by atoms with van der Waals surface area (Å²) in [5, 5.41) is 5.28. The molecule has 0 bridgehead atoms. The van der Waals surface area contributed by atoms with Gasteiger partial charge in [0.2, 0.25) is 0 Å². The summed E-state index contributed by atoms with van der Waals surface area (Å²) >= 11 is 0. The second-order valence-electron chi connectivity index (χ2n) is 8.32. The molecule has 0 amide bonds. The van der Waals surface area contributed by atoms with Gasteiger partial charge in [-0.05, 0) is 63.1 Å². The van der Waals surface area contributed by atoms with Crippen LogP contribution in [0.4, 0.5) is 0 Å². The van der Waals surface area contributed by atoms with E-state index >= 15 is 0 Å². The molecule has 29 heavy (non-hydrogen) atoms. The minimum Gasteiger partial charge on any atom is -0.0831 e. The first-order valence-corrected chi connectivity index (χ1v) is 10.4. The highest BCUT2D eigenvalue weighted by molar-refractivity contribution is 6.07. The molecule has 4 aromatic rings. The lowest BCUT2D eigenvalue weighted by Gasteiger charge is -2.24. The molecule has 0 aromatic heterocycles. The van der Waals surface area contributed by atoms with Crippen LogP contribution >= 0.6 is 0 Å². The molecule has 0 aliphatic carbocycles.